The summed E-state index contributed by atoms with van der Waals surface area (Å²) in [6, 6.07) is 0.238. The molecule has 1 heterocycles. The van der Waals surface area contributed by atoms with Crippen molar-refractivity contribution in [3.63, 3.8) is 0 Å². The van der Waals surface area contributed by atoms with Crippen LogP contribution < -0.4 is 5.73 Å². The SMILES string of the molecule is CC(C(N)=S)N1CCN(C(C)(C)C)CC1. The van der Waals surface area contributed by atoms with E-state index in [2.05, 4.69) is 37.5 Å². The largest absolute Gasteiger partial charge is 0.392 e. The van der Waals surface area contributed by atoms with Crippen LogP contribution in [0, 0.1) is 0 Å². The monoisotopic (exact) mass is 229 g/mol. The fourth-order valence-corrected chi connectivity index (χ4v) is 2.11. The van der Waals surface area contributed by atoms with E-state index in [1.165, 1.54) is 0 Å². The molecule has 0 aliphatic carbocycles. The van der Waals surface area contributed by atoms with Crippen LogP contribution >= 0.6 is 12.2 Å². The summed E-state index contributed by atoms with van der Waals surface area (Å²) < 4.78 is 0. The molecule has 15 heavy (non-hydrogen) atoms. The van der Waals surface area contributed by atoms with E-state index in [0.29, 0.717) is 4.99 Å². The molecule has 1 atom stereocenters. The van der Waals surface area contributed by atoms with Crippen molar-refractivity contribution < 1.29 is 0 Å². The standard InChI is InChI=1S/C11H23N3S/c1-9(10(12)15)13-5-7-14(8-6-13)11(2,3)4/h9H,5-8H2,1-4H3,(H2,12,15). The lowest BCUT2D eigenvalue weighted by Gasteiger charge is -2.43. The number of nitrogens with two attached hydrogens (primary N) is 1. The summed E-state index contributed by atoms with van der Waals surface area (Å²) >= 11 is 5.02. The zero-order valence-corrected chi connectivity index (χ0v) is 11.1. The van der Waals surface area contributed by atoms with Gasteiger partial charge in [0.05, 0.1) is 11.0 Å². The Kier molecular flexibility index (Phi) is 4.09. The van der Waals surface area contributed by atoms with E-state index < -0.39 is 0 Å². The van der Waals surface area contributed by atoms with Crippen LogP contribution in [0.1, 0.15) is 27.7 Å². The number of nitrogens with zero attached hydrogens (tertiary/aromatic N) is 2. The Balaban J connectivity index is 2.46. The van der Waals surface area contributed by atoms with Crippen molar-refractivity contribution in [2.45, 2.75) is 39.3 Å². The van der Waals surface area contributed by atoms with Gasteiger partial charge in [0.2, 0.25) is 0 Å². The van der Waals surface area contributed by atoms with Crippen molar-refractivity contribution >= 4 is 17.2 Å². The van der Waals surface area contributed by atoms with E-state index in [1.807, 2.05) is 0 Å². The van der Waals surface area contributed by atoms with Crippen molar-refractivity contribution in [3.05, 3.63) is 0 Å². The molecular weight excluding hydrogens is 206 g/mol. The molecule has 1 fully saturated rings. The van der Waals surface area contributed by atoms with Gasteiger partial charge >= 0.3 is 0 Å². The van der Waals surface area contributed by atoms with E-state index in [-0.39, 0.29) is 11.6 Å². The fraction of sp³-hybridized carbons (Fsp3) is 0.909. The van der Waals surface area contributed by atoms with Gasteiger partial charge in [-0.2, -0.15) is 0 Å². The van der Waals surface area contributed by atoms with Crippen molar-refractivity contribution in [2.75, 3.05) is 26.2 Å². The first-order chi connectivity index (χ1) is 6.82. The molecular formula is C11H23N3S. The lowest BCUT2D eigenvalue weighted by molar-refractivity contribution is 0.0569. The summed E-state index contributed by atoms with van der Waals surface area (Å²) in [6.07, 6.45) is 0. The van der Waals surface area contributed by atoms with Gasteiger partial charge in [0.15, 0.2) is 0 Å². The maximum Gasteiger partial charge on any atom is 0.0899 e. The highest BCUT2D eigenvalue weighted by Crippen LogP contribution is 2.16. The Bertz CT molecular complexity index is 226. The minimum atomic E-state index is 0.238. The molecule has 88 valence electrons. The average molecular weight is 229 g/mol. The maximum atomic E-state index is 5.66. The van der Waals surface area contributed by atoms with Gasteiger partial charge in [0.25, 0.3) is 0 Å². The number of rotatable bonds is 2. The minimum absolute atomic E-state index is 0.238. The van der Waals surface area contributed by atoms with Crippen LogP contribution in [0.3, 0.4) is 0 Å². The second kappa shape index (κ2) is 4.76. The van der Waals surface area contributed by atoms with Gasteiger partial charge in [-0.15, -0.1) is 0 Å². The molecule has 2 N–H and O–H groups in total. The lowest BCUT2D eigenvalue weighted by Crippen LogP contribution is -2.56. The molecule has 1 saturated heterocycles. The lowest BCUT2D eigenvalue weighted by atomic mass is 10.0. The number of hydrogen-bond donors (Lipinski definition) is 1. The zero-order chi connectivity index (χ0) is 11.6. The third-order valence-electron chi connectivity index (χ3n) is 3.22. The molecule has 0 amide bonds. The molecule has 0 aromatic rings. The highest BCUT2D eigenvalue weighted by atomic mass is 32.1. The van der Waals surface area contributed by atoms with Gasteiger partial charge in [-0.05, 0) is 27.7 Å². The number of piperazine rings is 1. The Morgan fingerprint density at radius 2 is 1.67 bits per heavy atom. The van der Waals surface area contributed by atoms with E-state index in [9.17, 15) is 0 Å². The van der Waals surface area contributed by atoms with Crippen LogP contribution in [-0.2, 0) is 0 Å². The van der Waals surface area contributed by atoms with Gasteiger partial charge in [-0.3, -0.25) is 9.80 Å². The van der Waals surface area contributed by atoms with Crippen LogP contribution in [0.5, 0.6) is 0 Å². The fourth-order valence-electron chi connectivity index (χ4n) is 1.96. The smallest absolute Gasteiger partial charge is 0.0899 e. The summed E-state index contributed by atoms with van der Waals surface area (Å²) in [4.78, 5) is 5.49. The van der Waals surface area contributed by atoms with Gasteiger partial charge in [-0.25, -0.2) is 0 Å². The molecule has 4 heteroatoms. The molecule has 1 aliphatic rings. The highest BCUT2D eigenvalue weighted by molar-refractivity contribution is 7.80. The Morgan fingerprint density at radius 3 is 2.00 bits per heavy atom. The first-order valence-electron chi connectivity index (χ1n) is 5.61. The highest BCUT2D eigenvalue weighted by Gasteiger charge is 2.28. The maximum absolute atomic E-state index is 5.66. The van der Waals surface area contributed by atoms with Crippen LogP contribution in [0.2, 0.25) is 0 Å². The Morgan fingerprint density at radius 1 is 1.20 bits per heavy atom. The quantitative estimate of drug-likeness (QED) is 0.718. The van der Waals surface area contributed by atoms with E-state index in [0.717, 1.165) is 26.2 Å². The van der Waals surface area contributed by atoms with Gasteiger partial charge < -0.3 is 5.73 Å². The second-order valence-electron chi connectivity index (χ2n) is 5.27. The van der Waals surface area contributed by atoms with E-state index in [4.69, 9.17) is 18.0 Å². The third kappa shape index (κ3) is 3.40. The molecule has 0 bridgehead atoms. The average Bonchev–Trinajstić information content (AvgIpc) is 2.15. The van der Waals surface area contributed by atoms with Gasteiger partial charge in [0.1, 0.15) is 0 Å². The van der Waals surface area contributed by atoms with Gasteiger partial charge in [-0.1, -0.05) is 12.2 Å². The molecule has 0 spiro atoms. The Hall–Kier alpha value is -0.190. The van der Waals surface area contributed by atoms with Crippen LogP contribution in [-0.4, -0.2) is 52.5 Å². The van der Waals surface area contributed by atoms with Crippen LogP contribution in [0.15, 0.2) is 0 Å². The van der Waals surface area contributed by atoms with E-state index in [1.54, 1.807) is 0 Å². The third-order valence-corrected chi connectivity index (χ3v) is 3.56. The second-order valence-corrected chi connectivity index (χ2v) is 5.74. The molecule has 0 saturated carbocycles. The normalized spacial score (nSPS) is 22.7. The molecule has 1 unspecified atom stereocenters. The summed E-state index contributed by atoms with van der Waals surface area (Å²) in [6.45, 7) is 13.2. The predicted octanol–water partition coefficient (Wildman–Crippen LogP) is 1.08. The summed E-state index contributed by atoms with van der Waals surface area (Å²) in [5, 5.41) is 0. The first kappa shape index (κ1) is 12.9. The molecule has 0 aromatic carbocycles. The molecule has 0 aromatic heterocycles. The first-order valence-corrected chi connectivity index (χ1v) is 6.01. The molecule has 0 radical (unpaired) electrons. The molecule has 1 rings (SSSR count). The molecule has 1 aliphatic heterocycles. The Labute approximate surface area is 98.6 Å². The summed E-state index contributed by atoms with van der Waals surface area (Å²) in [5.74, 6) is 0. The number of hydrogen-bond acceptors (Lipinski definition) is 3. The summed E-state index contributed by atoms with van der Waals surface area (Å²) in [7, 11) is 0. The number of thiocarbonyl (C=S) groups is 1. The van der Waals surface area contributed by atoms with Crippen molar-refractivity contribution in [2.24, 2.45) is 5.73 Å². The van der Waals surface area contributed by atoms with Gasteiger partial charge in [0, 0.05) is 31.7 Å². The van der Waals surface area contributed by atoms with E-state index >= 15 is 0 Å². The zero-order valence-electron chi connectivity index (χ0n) is 10.3. The predicted molar refractivity (Wildman–Crippen MR) is 69.1 cm³/mol. The summed E-state index contributed by atoms with van der Waals surface area (Å²) in [5.41, 5.74) is 5.94. The van der Waals surface area contributed by atoms with Crippen molar-refractivity contribution in [1.82, 2.24) is 9.80 Å². The van der Waals surface area contributed by atoms with Crippen LogP contribution in [0.4, 0.5) is 0 Å². The molecule has 3 nitrogen and oxygen atoms in total. The topological polar surface area (TPSA) is 32.5 Å². The minimum Gasteiger partial charge on any atom is -0.392 e. The van der Waals surface area contributed by atoms with Crippen molar-refractivity contribution in [3.8, 4) is 0 Å². The van der Waals surface area contributed by atoms with Crippen LogP contribution in [0.25, 0.3) is 0 Å². The van der Waals surface area contributed by atoms with Crippen molar-refractivity contribution in [1.29, 1.82) is 0 Å².